The molecule has 1 aliphatic carbocycles. The quantitative estimate of drug-likeness (QED) is 0.343. The Kier molecular flexibility index (Phi) is 5.95. The molecule has 0 radical (unpaired) electrons. The largest absolute Gasteiger partial charge is 0.453 e. The highest BCUT2D eigenvalue weighted by Crippen LogP contribution is 2.39. The molecule has 0 saturated heterocycles. The first-order chi connectivity index (χ1) is 15.2. The minimum atomic E-state index is -4.97. The van der Waals surface area contributed by atoms with Gasteiger partial charge >= 0.3 is 12.1 Å². The van der Waals surface area contributed by atoms with E-state index < -0.39 is 29.1 Å². The summed E-state index contributed by atoms with van der Waals surface area (Å²) in [5.41, 5.74) is -0.552. The number of hydrogen-bond donors (Lipinski definition) is 0. The standard InChI is InChI=1S/C24H21F3O5/c1-14-6-5-9-16(12-14)30-21-20(28)18-11-10-17(13-19(18)32-22(21)24(25,26)27)31-23(29)15-7-3-2-4-8-15/h5-6,9-13,15H,2-4,7-8H2,1H3. The van der Waals surface area contributed by atoms with Gasteiger partial charge in [0, 0.05) is 6.07 Å². The predicted octanol–water partition coefficient (Wildman–Crippen LogP) is 6.40. The summed E-state index contributed by atoms with van der Waals surface area (Å²) in [6.07, 6.45) is -0.589. The van der Waals surface area contributed by atoms with Crippen molar-refractivity contribution >= 4 is 16.9 Å². The number of hydrogen-bond acceptors (Lipinski definition) is 5. The summed E-state index contributed by atoms with van der Waals surface area (Å²) in [7, 11) is 0. The Bertz CT molecular complexity index is 1210. The van der Waals surface area contributed by atoms with Gasteiger partial charge in [-0.15, -0.1) is 0 Å². The number of carbonyl (C=O) groups excluding carboxylic acids is 1. The molecular formula is C24H21F3O5. The Labute approximate surface area is 181 Å². The molecule has 0 amide bonds. The third-order valence-electron chi connectivity index (χ3n) is 5.45. The smallest absolute Gasteiger partial charge is 0.449 e. The van der Waals surface area contributed by atoms with Crippen LogP contribution < -0.4 is 14.9 Å². The zero-order valence-electron chi connectivity index (χ0n) is 17.3. The van der Waals surface area contributed by atoms with Gasteiger partial charge in [0.1, 0.15) is 17.1 Å². The summed E-state index contributed by atoms with van der Waals surface area (Å²) in [6.45, 7) is 1.75. The predicted molar refractivity (Wildman–Crippen MR) is 111 cm³/mol. The van der Waals surface area contributed by atoms with Gasteiger partial charge in [-0.3, -0.25) is 9.59 Å². The Morgan fingerprint density at radius 2 is 1.78 bits per heavy atom. The fourth-order valence-electron chi connectivity index (χ4n) is 3.83. The van der Waals surface area contributed by atoms with E-state index in [0.29, 0.717) is 0 Å². The summed E-state index contributed by atoms with van der Waals surface area (Å²) < 4.78 is 56.8. The number of halogens is 3. The molecule has 0 N–H and O–H groups in total. The molecule has 0 aliphatic heterocycles. The molecule has 1 aromatic heterocycles. The molecule has 3 aromatic rings. The van der Waals surface area contributed by atoms with Crippen molar-refractivity contribution in [2.45, 2.75) is 45.2 Å². The molecule has 4 rings (SSSR count). The van der Waals surface area contributed by atoms with Gasteiger partial charge < -0.3 is 13.9 Å². The molecule has 1 fully saturated rings. The second kappa shape index (κ2) is 8.68. The third kappa shape index (κ3) is 4.64. The summed E-state index contributed by atoms with van der Waals surface area (Å²) in [4.78, 5) is 25.2. The van der Waals surface area contributed by atoms with Crippen molar-refractivity contribution in [3.05, 3.63) is 64.0 Å². The zero-order valence-corrected chi connectivity index (χ0v) is 17.3. The van der Waals surface area contributed by atoms with E-state index >= 15 is 0 Å². The summed E-state index contributed by atoms with van der Waals surface area (Å²) in [5, 5.41) is -0.113. The minimum absolute atomic E-state index is 0.0247. The van der Waals surface area contributed by atoms with Crippen LogP contribution in [0.25, 0.3) is 11.0 Å². The fourth-order valence-corrected chi connectivity index (χ4v) is 3.83. The highest BCUT2D eigenvalue weighted by atomic mass is 19.4. The van der Waals surface area contributed by atoms with Gasteiger partial charge in [-0.2, -0.15) is 13.2 Å². The molecule has 168 valence electrons. The molecule has 1 aliphatic rings. The summed E-state index contributed by atoms with van der Waals surface area (Å²) >= 11 is 0. The lowest BCUT2D eigenvalue weighted by atomic mass is 9.89. The molecule has 0 spiro atoms. The van der Waals surface area contributed by atoms with Crippen molar-refractivity contribution in [2.24, 2.45) is 5.92 Å². The Balaban J connectivity index is 1.72. The lowest BCUT2D eigenvalue weighted by Gasteiger charge is -2.19. The van der Waals surface area contributed by atoms with E-state index in [9.17, 15) is 22.8 Å². The molecule has 0 unspecified atom stereocenters. The van der Waals surface area contributed by atoms with Crippen LogP contribution in [0.2, 0.25) is 0 Å². The SMILES string of the molecule is Cc1cccc(Oc2c(C(F)(F)F)oc3cc(OC(=O)C4CCCCC4)ccc3c2=O)c1. The van der Waals surface area contributed by atoms with Crippen LogP contribution in [0.5, 0.6) is 17.2 Å². The maximum absolute atomic E-state index is 13.7. The number of rotatable bonds is 4. The topological polar surface area (TPSA) is 65.7 Å². The van der Waals surface area contributed by atoms with Crippen LogP contribution >= 0.6 is 0 Å². The fraction of sp³-hybridized carbons (Fsp3) is 0.333. The highest BCUT2D eigenvalue weighted by molar-refractivity contribution is 5.82. The molecule has 0 bridgehead atoms. The number of alkyl halides is 3. The van der Waals surface area contributed by atoms with E-state index in [2.05, 4.69) is 0 Å². The average Bonchev–Trinajstić information content (AvgIpc) is 2.75. The van der Waals surface area contributed by atoms with Gasteiger partial charge in [0.15, 0.2) is 0 Å². The lowest BCUT2D eigenvalue weighted by molar-refractivity contribution is -0.154. The van der Waals surface area contributed by atoms with Gasteiger partial charge in [0.2, 0.25) is 11.2 Å². The van der Waals surface area contributed by atoms with Crippen molar-refractivity contribution in [2.75, 3.05) is 0 Å². The average molecular weight is 446 g/mol. The van der Waals surface area contributed by atoms with E-state index in [1.807, 2.05) is 0 Å². The van der Waals surface area contributed by atoms with E-state index in [0.717, 1.165) is 43.7 Å². The van der Waals surface area contributed by atoms with Crippen molar-refractivity contribution in [3.8, 4) is 17.2 Å². The van der Waals surface area contributed by atoms with E-state index in [-0.39, 0.29) is 28.4 Å². The van der Waals surface area contributed by atoms with Crippen LogP contribution in [-0.4, -0.2) is 5.97 Å². The van der Waals surface area contributed by atoms with Crippen molar-refractivity contribution in [1.29, 1.82) is 0 Å². The van der Waals surface area contributed by atoms with Crippen LogP contribution in [0.1, 0.15) is 43.4 Å². The maximum atomic E-state index is 13.7. The Morgan fingerprint density at radius 1 is 1.03 bits per heavy atom. The number of benzene rings is 2. The molecule has 8 heteroatoms. The molecule has 0 atom stereocenters. The molecule has 1 heterocycles. The number of carbonyl (C=O) groups is 1. The van der Waals surface area contributed by atoms with Crippen LogP contribution in [0.4, 0.5) is 13.2 Å². The van der Waals surface area contributed by atoms with Crippen molar-refractivity contribution in [3.63, 3.8) is 0 Å². The normalized spacial score (nSPS) is 15.0. The monoisotopic (exact) mass is 446 g/mol. The van der Waals surface area contributed by atoms with Crippen molar-refractivity contribution < 1.29 is 31.9 Å². The number of fused-ring (bicyclic) bond motifs is 1. The second-order valence-corrected chi connectivity index (χ2v) is 7.92. The van der Waals surface area contributed by atoms with Gasteiger partial charge in [0.25, 0.3) is 5.76 Å². The molecule has 5 nitrogen and oxygen atoms in total. The number of esters is 1. The second-order valence-electron chi connectivity index (χ2n) is 7.92. The van der Waals surface area contributed by atoms with Crippen LogP contribution in [0, 0.1) is 12.8 Å². The molecule has 32 heavy (non-hydrogen) atoms. The third-order valence-corrected chi connectivity index (χ3v) is 5.45. The van der Waals surface area contributed by atoms with Crippen LogP contribution in [0.3, 0.4) is 0 Å². The number of ether oxygens (including phenoxy) is 2. The number of aryl methyl sites for hydroxylation is 1. The molecule has 1 saturated carbocycles. The van der Waals surface area contributed by atoms with E-state index in [1.165, 1.54) is 24.3 Å². The molecule has 2 aromatic carbocycles. The van der Waals surface area contributed by atoms with Crippen molar-refractivity contribution in [1.82, 2.24) is 0 Å². The summed E-state index contributed by atoms with van der Waals surface area (Å²) in [6, 6.07) is 10.1. The van der Waals surface area contributed by atoms with Crippen LogP contribution in [-0.2, 0) is 11.0 Å². The summed E-state index contributed by atoms with van der Waals surface area (Å²) in [5.74, 6) is -3.05. The zero-order chi connectivity index (χ0) is 22.9. The van der Waals surface area contributed by atoms with Gasteiger partial charge in [-0.25, -0.2) is 0 Å². The molecular weight excluding hydrogens is 425 g/mol. The maximum Gasteiger partial charge on any atom is 0.453 e. The first-order valence-corrected chi connectivity index (χ1v) is 10.4. The van der Waals surface area contributed by atoms with Gasteiger partial charge in [-0.1, -0.05) is 31.4 Å². The van der Waals surface area contributed by atoms with Crippen LogP contribution in [0.15, 0.2) is 51.7 Å². The first kappa shape index (κ1) is 21.9. The Morgan fingerprint density at radius 3 is 2.47 bits per heavy atom. The lowest BCUT2D eigenvalue weighted by Crippen LogP contribution is -2.22. The minimum Gasteiger partial charge on any atom is -0.449 e. The first-order valence-electron chi connectivity index (χ1n) is 10.4. The van der Waals surface area contributed by atoms with E-state index in [1.54, 1.807) is 19.1 Å². The van der Waals surface area contributed by atoms with Gasteiger partial charge in [-0.05, 0) is 49.6 Å². The van der Waals surface area contributed by atoms with Gasteiger partial charge in [0.05, 0.1) is 11.3 Å². The van der Waals surface area contributed by atoms with E-state index in [4.69, 9.17) is 13.9 Å². The highest BCUT2D eigenvalue weighted by Gasteiger charge is 2.40. The Hall–Kier alpha value is -3.29.